The van der Waals surface area contributed by atoms with Gasteiger partial charge in [-0.1, -0.05) is 30.3 Å². The van der Waals surface area contributed by atoms with Gasteiger partial charge in [0.2, 0.25) is 5.91 Å². The van der Waals surface area contributed by atoms with Crippen LogP contribution in [-0.2, 0) is 11.2 Å². The molecule has 1 aromatic carbocycles. The van der Waals surface area contributed by atoms with Crippen molar-refractivity contribution in [2.24, 2.45) is 0 Å². The van der Waals surface area contributed by atoms with Crippen LogP contribution in [0.25, 0.3) is 0 Å². The monoisotopic (exact) mass is 213 g/mol. The minimum absolute atomic E-state index is 0.0788. The summed E-state index contributed by atoms with van der Waals surface area (Å²) < 4.78 is 0. The van der Waals surface area contributed by atoms with Crippen LogP contribution < -0.4 is 5.32 Å². The Bertz CT molecular complexity index is 413. The Morgan fingerprint density at radius 1 is 1.19 bits per heavy atom. The molecule has 0 fully saturated rings. The first-order valence-electron chi connectivity index (χ1n) is 4.94. The highest BCUT2D eigenvalue weighted by Gasteiger charge is 2.03. The van der Waals surface area contributed by atoms with Gasteiger partial charge in [-0.2, -0.15) is 0 Å². The van der Waals surface area contributed by atoms with Crippen LogP contribution >= 0.6 is 0 Å². The molecular formula is C12H11N3O. The zero-order valence-electron chi connectivity index (χ0n) is 8.63. The SMILES string of the molecule is O=C(Cc1ccccc1)Nc1ccncn1. The fraction of sp³-hybridized carbons (Fsp3) is 0.0833. The molecule has 16 heavy (non-hydrogen) atoms. The topological polar surface area (TPSA) is 54.9 Å². The van der Waals surface area contributed by atoms with Crippen LogP contribution in [0.1, 0.15) is 5.56 Å². The van der Waals surface area contributed by atoms with Gasteiger partial charge in [0.05, 0.1) is 6.42 Å². The standard InChI is InChI=1S/C12H11N3O/c16-12(8-10-4-2-1-3-5-10)15-11-6-7-13-9-14-11/h1-7,9H,8H2,(H,13,14,15,16). The molecule has 80 valence electrons. The van der Waals surface area contributed by atoms with Crippen molar-refractivity contribution in [3.63, 3.8) is 0 Å². The lowest BCUT2D eigenvalue weighted by Crippen LogP contribution is -2.15. The predicted molar refractivity (Wildman–Crippen MR) is 60.8 cm³/mol. The van der Waals surface area contributed by atoms with Crippen molar-refractivity contribution in [3.8, 4) is 0 Å². The van der Waals surface area contributed by atoms with E-state index in [1.807, 2.05) is 30.3 Å². The number of benzene rings is 1. The number of hydrogen-bond donors (Lipinski definition) is 1. The van der Waals surface area contributed by atoms with Gasteiger partial charge < -0.3 is 5.32 Å². The van der Waals surface area contributed by atoms with Crippen LogP contribution in [0.3, 0.4) is 0 Å². The normalized spacial score (nSPS) is 9.75. The molecule has 2 aromatic rings. The van der Waals surface area contributed by atoms with E-state index in [0.717, 1.165) is 5.56 Å². The highest BCUT2D eigenvalue weighted by atomic mass is 16.1. The molecule has 0 aliphatic carbocycles. The Balaban J connectivity index is 1.95. The van der Waals surface area contributed by atoms with E-state index in [1.165, 1.54) is 6.33 Å². The van der Waals surface area contributed by atoms with Gasteiger partial charge in [-0.05, 0) is 11.6 Å². The van der Waals surface area contributed by atoms with Gasteiger partial charge >= 0.3 is 0 Å². The van der Waals surface area contributed by atoms with Gasteiger partial charge in [0.25, 0.3) is 0 Å². The molecule has 0 saturated heterocycles. The van der Waals surface area contributed by atoms with Crippen LogP contribution in [-0.4, -0.2) is 15.9 Å². The summed E-state index contributed by atoms with van der Waals surface area (Å²) in [6.07, 6.45) is 3.34. The van der Waals surface area contributed by atoms with Crippen molar-refractivity contribution >= 4 is 11.7 Å². The van der Waals surface area contributed by atoms with Gasteiger partial charge in [0, 0.05) is 6.20 Å². The van der Waals surface area contributed by atoms with E-state index in [1.54, 1.807) is 12.3 Å². The van der Waals surface area contributed by atoms with Gasteiger partial charge in [0.15, 0.2) is 0 Å². The van der Waals surface area contributed by atoms with Crippen LogP contribution in [0, 0.1) is 0 Å². The second kappa shape index (κ2) is 5.02. The summed E-state index contributed by atoms with van der Waals surface area (Å²) in [7, 11) is 0. The van der Waals surface area contributed by atoms with Crippen molar-refractivity contribution in [2.45, 2.75) is 6.42 Å². The molecule has 0 aliphatic heterocycles. The molecule has 0 unspecified atom stereocenters. The lowest BCUT2D eigenvalue weighted by molar-refractivity contribution is -0.115. The maximum absolute atomic E-state index is 11.6. The molecular weight excluding hydrogens is 202 g/mol. The number of carbonyl (C=O) groups is 1. The van der Waals surface area contributed by atoms with Crippen LogP contribution in [0.2, 0.25) is 0 Å². The molecule has 0 aliphatic rings. The number of carbonyl (C=O) groups excluding carboxylic acids is 1. The van der Waals surface area contributed by atoms with Gasteiger partial charge in [-0.3, -0.25) is 4.79 Å². The molecule has 0 radical (unpaired) electrons. The minimum Gasteiger partial charge on any atom is -0.310 e. The fourth-order valence-corrected chi connectivity index (χ4v) is 1.33. The predicted octanol–water partition coefficient (Wildman–Crippen LogP) is 1.66. The lowest BCUT2D eigenvalue weighted by Gasteiger charge is -2.03. The van der Waals surface area contributed by atoms with E-state index in [2.05, 4.69) is 15.3 Å². The Kier molecular flexibility index (Phi) is 3.23. The molecule has 0 spiro atoms. The first-order chi connectivity index (χ1) is 7.84. The summed E-state index contributed by atoms with van der Waals surface area (Å²) in [5, 5.41) is 2.70. The van der Waals surface area contributed by atoms with Crippen LogP contribution in [0.5, 0.6) is 0 Å². The van der Waals surface area contributed by atoms with E-state index >= 15 is 0 Å². The number of hydrogen-bond acceptors (Lipinski definition) is 3. The summed E-state index contributed by atoms with van der Waals surface area (Å²) in [6, 6.07) is 11.2. The molecule has 1 heterocycles. The van der Waals surface area contributed by atoms with Crippen LogP contribution in [0.4, 0.5) is 5.82 Å². The molecule has 1 N–H and O–H groups in total. The maximum Gasteiger partial charge on any atom is 0.229 e. The average molecular weight is 213 g/mol. The highest BCUT2D eigenvalue weighted by molar-refractivity contribution is 5.91. The molecule has 1 aromatic heterocycles. The Labute approximate surface area is 93.4 Å². The molecule has 4 nitrogen and oxygen atoms in total. The minimum atomic E-state index is -0.0788. The van der Waals surface area contributed by atoms with Crippen molar-refractivity contribution in [3.05, 3.63) is 54.5 Å². The quantitative estimate of drug-likeness (QED) is 0.843. The van der Waals surface area contributed by atoms with E-state index in [9.17, 15) is 4.79 Å². The fourth-order valence-electron chi connectivity index (χ4n) is 1.33. The zero-order chi connectivity index (χ0) is 11.2. The maximum atomic E-state index is 11.6. The molecule has 4 heteroatoms. The zero-order valence-corrected chi connectivity index (χ0v) is 8.63. The third-order valence-corrected chi connectivity index (χ3v) is 2.06. The molecule has 1 amide bonds. The third-order valence-electron chi connectivity index (χ3n) is 2.06. The number of rotatable bonds is 3. The second-order valence-corrected chi connectivity index (χ2v) is 3.31. The first kappa shape index (κ1) is 10.3. The summed E-state index contributed by atoms with van der Waals surface area (Å²) in [4.78, 5) is 19.3. The average Bonchev–Trinajstić information content (AvgIpc) is 2.31. The first-order valence-corrected chi connectivity index (χ1v) is 4.94. The Morgan fingerprint density at radius 2 is 2.00 bits per heavy atom. The number of anilines is 1. The smallest absolute Gasteiger partial charge is 0.229 e. The summed E-state index contributed by atoms with van der Waals surface area (Å²) in [5.41, 5.74) is 0.981. The molecule has 0 bridgehead atoms. The van der Waals surface area contributed by atoms with Crippen molar-refractivity contribution < 1.29 is 4.79 Å². The lowest BCUT2D eigenvalue weighted by atomic mass is 10.1. The van der Waals surface area contributed by atoms with Crippen molar-refractivity contribution in [1.82, 2.24) is 9.97 Å². The molecule has 0 atom stereocenters. The summed E-state index contributed by atoms with van der Waals surface area (Å²) >= 11 is 0. The number of aromatic nitrogens is 2. The van der Waals surface area contributed by atoms with Crippen LogP contribution in [0.15, 0.2) is 48.9 Å². The van der Waals surface area contributed by atoms with E-state index in [-0.39, 0.29) is 5.91 Å². The van der Waals surface area contributed by atoms with E-state index in [4.69, 9.17) is 0 Å². The molecule has 2 rings (SSSR count). The number of nitrogens with one attached hydrogen (secondary N) is 1. The largest absolute Gasteiger partial charge is 0.310 e. The van der Waals surface area contributed by atoms with Gasteiger partial charge in [-0.25, -0.2) is 9.97 Å². The van der Waals surface area contributed by atoms with Gasteiger partial charge in [-0.15, -0.1) is 0 Å². The number of nitrogens with zero attached hydrogens (tertiary/aromatic N) is 2. The van der Waals surface area contributed by atoms with Crippen molar-refractivity contribution in [2.75, 3.05) is 5.32 Å². The summed E-state index contributed by atoms with van der Waals surface area (Å²) in [6.45, 7) is 0. The highest BCUT2D eigenvalue weighted by Crippen LogP contribution is 2.03. The van der Waals surface area contributed by atoms with Crippen molar-refractivity contribution in [1.29, 1.82) is 0 Å². The summed E-state index contributed by atoms with van der Waals surface area (Å²) in [5.74, 6) is 0.445. The van der Waals surface area contributed by atoms with E-state index < -0.39 is 0 Å². The second-order valence-electron chi connectivity index (χ2n) is 3.31. The van der Waals surface area contributed by atoms with E-state index in [0.29, 0.717) is 12.2 Å². The Hall–Kier alpha value is -2.23. The number of amides is 1. The third kappa shape index (κ3) is 2.88. The molecule has 0 saturated carbocycles. The Morgan fingerprint density at radius 3 is 2.69 bits per heavy atom. The van der Waals surface area contributed by atoms with Gasteiger partial charge in [0.1, 0.15) is 12.1 Å².